The van der Waals surface area contributed by atoms with E-state index in [4.69, 9.17) is 0 Å². The zero-order valence-electron chi connectivity index (χ0n) is 12.0. The Morgan fingerprint density at radius 2 is 1.62 bits per heavy atom. The first kappa shape index (κ1) is 15.5. The van der Waals surface area contributed by atoms with Crippen LogP contribution in [-0.4, -0.2) is 19.7 Å². The molecule has 0 bridgehead atoms. The molecule has 0 aliphatic rings. The molecular formula is C14H17F3N4. The first-order chi connectivity index (χ1) is 9.94. The summed E-state index contributed by atoms with van der Waals surface area (Å²) in [6, 6.07) is 2.83. The summed E-state index contributed by atoms with van der Waals surface area (Å²) < 4.78 is 38.9. The molecule has 2 aromatic rings. The number of hydrogen-bond acceptors (Lipinski definition) is 3. The van der Waals surface area contributed by atoms with E-state index in [0.29, 0.717) is 0 Å². The zero-order chi connectivity index (χ0) is 15.5. The Hall–Kier alpha value is -1.92. The third-order valence-corrected chi connectivity index (χ3v) is 2.92. The number of halogens is 3. The van der Waals surface area contributed by atoms with Crippen LogP contribution in [0.5, 0.6) is 0 Å². The van der Waals surface area contributed by atoms with Crippen molar-refractivity contribution in [2.24, 2.45) is 0 Å². The third kappa shape index (κ3) is 3.80. The molecule has 4 nitrogen and oxygen atoms in total. The van der Waals surface area contributed by atoms with Crippen LogP contribution >= 0.6 is 0 Å². The molecule has 0 spiro atoms. The van der Waals surface area contributed by atoms with Crippen molar-refractivity contribution in [3.05, 3.63) is 35.4 Å². The van der Waals surface area contributed by atoms with Gasteiger partial charge in [0.1, 0.15) is 0 Å². The van der Waals surface area contributed by atoms with Crippen LogP contribution < -0.4 is 0 Å². The van der Waals surface area contributed by atoms with Crippen LogP contribution in [-0.2, 0) is 19.0 Å². The van der Waals surface area contributed by atoms with E-state index in [0.717, 1.165) is 47.8 Å². The summed E-state index contributed by atoms with van der Waals surface area (Å²) in [6.07, 6.45) is 0.130. The number of hydrogen-bond donors (Lipinski definition) is 0. The minimum absolute atomic E-state index is 0.194. The van der Waals surface area contributed by atoms with E-state index in [9.17, 15) is 13.2 Å². The van der Waals surface area contributed by atoms with E-state index in [1.54, 1.807) is 0 Å². The molecule has 0 N–H and O–H groups in total. The van der Waals surface area contributed by atoms with E-state index in [2.05, 4.69) is 15.1 Å². The molecule has 0 saturated heterocycles. The van der Waals surface area contributed by atoms with E-state index >= 15 is 0 Å². The summed E-state index contributed by atoms with van der Waals surface area (Å²) in [6.45, 7) is 4.05. The highest BCUT2D eigenvalue weighted by Crippen LogP contribution is 2.27. The highest BCUT2D eigenvalue weighted by molar-refractivity contribution is 5.20. The fraction of sp³-hybridized carbons (Fsp3) is 0.500. The minimum atomic E-state index is -4.46. The van der Waals surface area contributed by atoms with Gasteiger partial charge in [0.25, 0.3) is 5.95 Å². The molecule has 0 unspecified atom stereocenters. The van der Waals surface area contributed by atoms with Crippen LogP contribution in [0.15, 0.2) is 18.3 Å². The molecule has 0 atom stereocenters. The predicted molar refractivity (Wildman–Crippen MR) is 72.1 cm³/mol. The zero-order valence-corrected chi connectivity index (χ0v) is 12.0. The first-order valence-electron chi connectivity index (χ1n) is 6.94. The van der Waals surface area contributed by atoms with Gasteiger partial charge in [0.05, 0.1) is 0 Å². The lowest BCUT2D eigenvalue weighted by Gasteiger charge is -2.07. The normalized spacial score (nSPS) is 11.9. The molecule has 0 aliphatic carbocycles. The van der Waals surface area contributed by atoms with Crippen molar-refractivity contribution in [1.82, 2.24) is 19.7 Å². The second-order valence-corrected chi connectivity index (χ2v) is 4.79. The summed E-state index contributed by atoms with van der Waals surface area (Å²) in [4.78, 5) is 8.59. The average Bonchev–Trinajstić information content (AvgIpc) is 2.88. The van der Waals surface area contributed by atoms with Gasteiger partial charge in [0, 0.05) is 17.6 Å². The van der Waals surface area contributed by atoms with Crippen LogP contribution in [0.4, 0.5) is 13.2 Å². The fourth-order valence-electron chi connectivity index (χ4n) is 2.00. The van der Waals surface area contributed by atoms with Gasteiger partial charge >= 0.3 is 6.18 Å². The van der Waals surface area contributed by atoms with Crippen LogP contribution in [0.2, 0.25) is 0 Å². The molecule has 0 fully saturated rings. The SMILES string of the molecule is CCCc1cc(CCC)nc(-n2ccc(C(F)(F)F)n2)n1. The molecule has 0 aliphatic heterocycles. The smallest absolute Gasteiger partial charge is 0.216 e. The first-order valence-corrected chi connectivity index (χ1v) is 6.94. The van der Waals surface area contributed by atoms with Crippen LogP contribution in [0, 0.1) is 0 Å². The molecule has 0 radical (unpaired) electrons. The van der Waals surface area contributed by atoms with Crippen molar-refractivity contribution < 1.29 is 13.2 Å². The van der Waals surface area contributed by atoms with E-state index in [1.807, 2.05) is 19.9 Å². The Labute approximate surface area is 121 Å². The van der Waals surface area contributed by atoms with Crippen molar-refractivity contribution in [2.45, 2.75) is 45.7 Å². The van der Waals surface area contributed by atoms with Crippen molar-refractivity contribution in [1.29, 1.82) is 0 Å². The highest BCUT2D eigenvalue weighted by Gasteiger charge is 2.33. The number of aryl methyl sites for hydroxylation is 2. The molecule has 2 heterocycles. The summed E-state index contributed by atoms with van der Waals surface area (Å²) in [5, 5.41) is 3.52. The third-order valence-electron chi connectivity index (χ3n) is 2.92. The quantitative estimate of drug-likeness (QED) is 0.847. The number of aromatic nitrogens is 4. The molecule has 0 aromatic carbocycles. The fourth-order valence-corrected chi connectivity index (χ4v) is 2.00. The number of alkyl halides is 3. The molecule has 2 aromatic heterocycles. The maximum Gasteiger partial charge on any atom is 0.435 e. The average molecular weight is 298 g/mol. The molecule has 21 heavy (non-hydrogen) atoms. The molecule has 114 valence electrons. The topological polar surface area (TPSA) is 43.6 Å². The molecule has 7 heteroatoms. The van der Waals surface area contributed by atoms with Crippen LogP contribution in [0.1, 0.15) is 43.8 Å². The van der Waals surface area contributed by atoms with Crippen LogP contribution in [0.25, 0.3) is 5.95 Å². The van der Waals surface area contributed by atoms with Gasteiger partial charge in [-0.25, -0.2) is 14.6 Å². The lowest BCUT2D eigenvalue weighted by molar-refractivity contribution is -0.141. The Morgan fingerprint density at radius 3 is 2.05 bits per heavy atom. The predicted octanol–water partition coefficient (Wildman–Crippen LogP) is 3.59. The number of rotatable bonds is 5. The monoisotopic (exact) mass is 298 g/mol. The second-order valence-electron chi connectivity index (χ2n) is 4.79. The summed E-state index contributed by atoms with van der Waals surface area (Å²) >= 11 is 0. The van der Waals surface area contributed by atoms with Gasteiger partial charge in [-0.2, -0.15) is 18.3 Å². The van der Waals surface area contributed by atoms with Gasteiger partial charge < -0.3 is 0 Å². The van der Waals surface area contributed by atoms with E-state index in [1.165, 1.54) is 6.20 Å². The summed E-state index contributed by atoms with van der Waals surface area (Å²) in [5.74, 6) is 0.194. The molecule has 0 amide bonds. The Morgan fingerprint density at radius 1 is 1.05 bits per heavy atom. The van der Waals surface area contributed by atoms with Gasteiger partial charge in [0.15, 0.2) is 5.69 Å². The summed E-state index contributed by atoms with van der Waals surface area (Å²) in [5.41, 5.74) is 0.717. The highest BCUT2D eigenvalue weighted by atomic mass is 19.4. The second kappa shape index (κ2) is 6.24. The lowest BCUT2D eigenvalue weighted by Crippen LogP contribution is -2.10. The minimum Gasteiger partial charge on any atom is -0.216 e. The van der Waals surface area contributed by atoms with Crippen molar-refractivity contribution in [3.8, 4) is 5.95 Å². The standard InChI is InChI=1S/C14H17F3N4/c1-3-5-10-9-11(6-4-2)19-13(18-10)21-8-7-12(20-21)14(15,16)17/h7-9H,3-6H2,1-2H3. The van der Waals surface area contributed by atoms with Gasteiger partial charge in [0.2, 0.25) is 0 Å². The van der Waals surface area contributed by atoms with E-state index < -0.39 is 11.9 Å². The molecule has 0 saturated carbocycles. The Balaban J connectivity index is 2.39. The van der Waals surface area contributed by atoms with Gasteiger partial charge in [-0.05, 0) is 25.0 Å². The van der Waals surface area contributed by atoms with Gasteiger partial charge in [-0.1, -0.05) is 26.7 Å². The molecule has 2 rings (SSSR count). The van der Waals surface area contributed by atoms with Gasteiger partial charge in [-0.3, -0.25) is 0 Å². The Kier molecular flexibility index (Phi) is 4.59. The van der Waals surface area contributed by atoms with Crippen molar-refractivity contribution >= 4 is 0 Å². The Bertz CT molecular complexity index is 580. The van der Waals surface area contributed by atoms with Crippen molar-refractivity contribution in [2.75, 3.05) is 0 Å². The van der Waals surface area contributed by atoms with Crippen molar-refractivity contribution in [3.63, 3.8) is 0 Å². The lowest BCUT2D eigenvalue weighted by atomic mass is 10.2. The van der Waals surface area contributed by atoms with Crippen LogP contribution in [0.3, 0.4) is 0 Å². The van der Waals surface area contributed by atoms with Gasteiger partial charge in [-0.15, -0.1) is 0 Å². The summed E-state index contributed by atoms with van der Waals surface area (Å²) in [7, 11) is 0. The maximum atomic E-state index is 12.6. The largest absolute Gasteiger partial charge is 0.435 e. The van der Waals surface area contributed by atoms with E-state index in [-0.39, 0.29) is 5.95 Å². The molecular weight excluding hydrogens is 281 g/mol. The maximum absolute atomic E-state index is 12.6. The number of nitrogens with zero attached hydrogens (tertiary/aromatic N) is 4.